The van der Waals surface area contributed by atoms with Crippen LogP contribution in [-0.2, 0) is 7.05 Å². The fourth-order valence-electron chi connectivity index (χ4n) is 3.73. The van der Waals surface area contributed by atoms with Crippen molar-refractivity contribution in [2.45, 2.75) is 20.3 Å². The Balaban J connectivity index is 1.82. The summed E-state index contributed by atoms with van der Waals surface area (Å²) in [6.07, 6.45) is 6.52. The first kappa shape index (κ1) is 20.7. The van der Waals surface area contributed by atoms with Crippen molar-refractivity contribution in [3.05, 3.63) is 54.5 Å². The Labute approximate surface area is 182 Å². The number of anilines is 2. The molecule has 0 atom stereocenters. The molecule has 0 unspecified atom stereocenters. The number of methoxy groups -OCH3 is 2. The summed E-state index contributed by atoms with van der Waals surface area (Å²) in [5, 5.41) is 4.24. The lowest BCUT2D eigenvalue weighted by Crippen LogP contribution is -2.19. The quantitative estimate of drug-likeness (QED) is 0.426. The fourth-order valence-corrected chi connectivity index (χ4v) is 3.73. The predicted molar refractivity (Wildman–Crippen MR) is 123 cm³/mol. The molecular formula is C24H27N5O2. The van der Waals surface area contributed by atoms with Gasteiger partial charge in [-0.15, -0.1) is 0 Å². The van der Waals surface area contributed by atoms with Crippen LogP contribution in [0.2, 0.25) is 0 Å². The molecule has 0 saturated carbocycles. The standard InChI is InChI=1S/C24H27N5O2/c1-6-9-29(23-11-19(30-4)12-24(31-5)16(23)2)18-7-8-20-21(10-18)27-22(14-25-20)17-13-26-28(3)15-17/h7-8,10-15H,6,9H2,1-5H3. The van der Waals surface area contributed by atoms with E-state index >= 15 is 0 Å². The van der Waals surface area contributed by atoms with Gasteiger partial charge in [0.05, 0.1) is 49.0 Å². The Morgan fingerprint density at radius 1 is 1.03 bits per heavy atom. The van der Waals surface area contributed by atoms with E-state index < -0.39 is 0 Å². The van der Waals surface area contributed by atoms with Crippen molar-refractivity contribution in [3.8, 4) is 22.8 Å². The Morgan fingerprint density at radius 3 is 2.55 bits per heavy atom. The third-order valence-electron chi connectivity index (χ3n) is 5.34. The van der Waals surface area contributed by atoms with E-state index in [1.165, 1.54) is 0 Å². The van der Waals surface area contributed by atoms with Crippen LogP contribution in [0.4, 0.5) is 11.4 Å². The van der Waals surface area contributed by atoms with Gasteiger partial charge in [0.15, 0.2) is 0 Å². The molecule has 4 aromatic rings. The second kappa shape index (κ2) is 8.63. The first-order valence-corrected chi connectivity index (χ1v) is 10.3. The Morgan fingerprint density at radius 2 is 1.87 bits per heavy atom. The van der Waals surface area contributed by atoms with E-state index in [9.17, 15) is 0 Å². The molecule has 7 nitrogen and oxygen atoms in total. The summed E-state index contributed by atoms with van der Waals surface area (Å²) >= 11 is 0. The normalized spacial score (nSPS) is 11.0. The van der Waals surface area contributed by atoms with E-state index in [2.05, 4.69) is 47.0 Å². The average Bonchev–Trinajstić information content (AvgIpc) is 3.23. The van der Waals surface area contributed by atoms with Crippen molar-refractivity contribution in [1.82, 2.24) is 19.7 Å². The minimum absolute atomic E-state index is 0.762. The number of rotatable bonds is 7. The summed E-state index contributed by atoms with van der Waals surface area (Å²) in [6.45, 7) is 5.08. The van der Waals surface area contributed by atoms with Gasteiger partial charge in [0.1, 0.15) is 11.5 Å². The Hall–Kier alpha value is -3.61. The van der Waals surface area contributed by atoms with Crippen molar-refractivity contribution in [3.63, 3.8) is 0 Å². The lowest BCUT2D eigenvalue weighted by atomic mass is 10.1. The summed E-state index contributed by atoms with van der Waals surface area (Å²) < 4.78 is 12.9. The topological polar surface area (TPSA) is 65.3 Å². The highest BCUT2D eigenvalue weighted by atomic mass is 16.5. The van der Waals surface area contributed by atoms with Crippen LogP contribution in [0.5, 0.6) is 11.5 Å². The first-order chi connectivity index (χ1) is 15.0. The summed E-state index contributed by atoms with van der Waals surface area (Å²) in [6, 6.07) is 10.1. The van der Waals surface area contributed by atoms with Gasteiger partial charge in [0, 0.05) is 48.7 Å². The number of hydrogen-bond donors (Lipinski definition) is 0. The van der Waals surface area contributed by atoms with E-state index in [1.807, 2.05) is 25.4 Å². The lowest BCUT2D eigenvalue weighted by Gasteiger charge is -2.27. The van der Waals surface area contributed by atoms with Crippen LogP contribution in [0, 0.1) is 6.92 Å². The molecule has 0 saturated heterocycles. The molecule has 160 valence electrons. The maximum absolute atomic E-state index is 5.59. The van der Waals surface area contributed by atoms with Gasteiger partial charge in [-0.2, -0.15) is 5.10 Å². The zero-order valence-electron chi connectivity index (χ0n) is 18.6. The molecule has 0 fully saturated rings. The summed E-state index contributed by atoms with van der Waals surface area (Å²) in [5.74, 6) is 1.56. The van der Waals surface area contributed by atoms with Crippen molar-refractivity contribution in [1.29, 1.82) is 0 Å². The zero-order valence-corrected chi connectivity index (χ0v) is 18.6. The smallest absolute Gasteiger partial charge is 0.127 e. The summed E-state index contributed by atoms with van der Waals surface area (Å²) in [7, 11) is 5.24. The molecule has 0 aliphatic rings. The Bertz CT molecular complexity index is 1220. The number of benzene rings is 2. The molecule has 0 amide bonds. The van der Waals surface area contributed by atoms with Gasteiger partial charge in [0.2, 0.25) is 0 Å². The van der Waals surface area contributed by atoms with Crippen molar-refractivity contribution < 1.29 is 9.47 Å². The van der Waals surface area contributed by atoms with Crippen LogP contribution in [0.25, 0.3) is 22.3 Å². The molecular weight excluding hydrogens is 390 g/mol. The number of aromatic nitrogens is 4. The Kier molecular flexibility index (Phi) is 5.75. The molecule has 0 bridgehead atoms. The molecule has 2 heterocycles. The fraction of sp³-hybridized carbons (Fsp3) is 0.292. The largest absolute Gasteiger partial charge is 0.497 e. The molecule has 7 heteroatoms. The highest BCUT2D eigenvalue weighted by Gasteiger charge is 2.17. The molecule has 2 aromatic carbocycles. The number of hydrogen-bond acceptors (Lipinski definition) is 6. The van der Waals surface area contributed by atoms with Gasteiger partial charge in [-0.1, -0.05) is 6.92 Å². The maximum Gasteiger partial charge on any atom is 0.127 e. The van der Waals surface area contributed by atoms with E-state index in [1.54, 1.807) is 31.3 Å². The molecule has 0 N–H and O–H groups in total. The second-order valence-corrected chi connectivity index (χ2v) is 7.46. The average molecular weight is 418 g/mol. The van der Waals surface area contributed by atoms with Gasteiger partial charge in [-0.3, -0.25) is 9.67 Å². The molecule has 0 spiro atoms. The van der Waals surface area contributed by atoms with E-state index in [0.29, 0.717) is 0 Å². The number of aryl methyl sites for hydroxylation is 1. The number of ether oxygens (including phenoxy) is 2. The van der Waals surface area contributed by atoms with Gasteiger partial charge >= 0.3 is 0 Å². The predicted octanol–water partition coefficient (Wildman–Crippen LogP) is 4.90. The third-order valence-corrected chi connectivity index (χ3v) is 5.34. The minimum Gasteiger partial charge on any atom is -0.497 e. The van der Waals surface area contributed by atoms with Crippen LogP contribution in [0.15, 0.2) is 48.9 Å². The van der Waals surface area contributed by atoms with Gasteiger partial charge < -0.3 is 14.4 Å². The molecule has 0 radical (unpaired) electrons. The second-order valence-electron chi connectivity index (χ2n) is 7.46. The highest BCUT2D eigenvalue weighted by Crippen LogP contribution is 2.38. The molecule has 2 aromatic heterocycles. The van der Waals surface area contributed by atoms with Crippen molar-refractivity contribution in [2.24, 2.45) is 7.05 Å². The van der Waals surface area contributed by atoms with Gasteiger partial charge in [-0.05, 0) is 31.5 Å². The summed E-state index contributed by atoms with van der Waals surface area (Å²) in [5.41, 5.74) is 6.60. The van der Waals surface area contributed by atoms with Crippen LogP contribution >= 0.6 is 0 Å². The molecule has 0 aliphatic carbocycles. The number of nitrogens with zero attached hydrogens (tertiary/aromatic N) is 5. The third kappa shape index (κ3) is 4.03. The van der Waals surface area contributed by atoms with Crippen molar-refractivity contribution in [2.75, 3.05) is 25.7 Å². The van der Waals surface area contributed by atoms with Crippen LogP contribution < -0.4 is 14.4 Å². The van der Waals surface area contributed by atoms with E-state index in [-0.39, 0.29) is 0 Å². The van der Waals surface area contributed by atoms with Gasteiger partial charge in [-0.25, -0.2) is 4.98 Å². The lowest BCUT2D eigenvalue weighted by molar-refractivity contribution is 0.392. The SMILES string of the molecule is CCCN(c1ccc2ncc(-c3cnn(C)c3)nc2c1)c1cc(OC)cc(OC)c1C. The van der Waals surface area contributed by atoms with Crippen molar-refractivity contribution >= 4 is 22.4 Å². The maximum atomic E-state index is 5.59. The van der Waals surface area contributed by atoms with Crippen LogP contribution in [-0.4, -0.2) is 40.5 Å². The molecule has 4 rings (SSSR count). The highest BCUT2D eigenvalue weighted by molar-refractivity contribution is 5.83. The summed E-state index contributed by atoms with van der Waals surface area (Å²) in [4.78, 5) is 11.7. The molecule has 31 heavy (non-hydrogen) atoms. The zero-order chi connectivity index (χ0) is 22.0. The minimum atomic E-state index is 0.762. The molecule has 0 aliphatic heterocycles. The first-order valence-electron chi connectivity index (χ1n) is 10.3. The van der Waals surface area contributed by atoms with E-state index in [0.717, 1.165) is 63.7 Å². The number of fused-ring (bicyclic) bond motifs is 1. The van der Waals surface area contributed by atoms with Gasteiger partial charge in [0.25, 0.3) is 0 Å². The van der Waals surface area contributed by atoms with Crippen LogP contribution in [0.3, 0.4) is 0 Å². The monoisotopic (exact) mass is 417 g/mol. The van der Waals surface area contributed by atoms with E-state index in [4.69, 9.17) is 14.5 Å². The van der Waals surface area contributed by atoms with Crippen LogP contribution in [0.1, 0.15) is 18.9 Å².